The summed E-state index contributed by atoms with van der Waals surface area (Å²) < 4.78 is 0. The number of thioether (sulfide) groups is 1. The lowest BCUT2D eigenvalue weighted by molar-refractivity contribution is -0.131. The first kappa shape index (κ1) is 17.1. The van der Waals surface area contributed by atoms with Crippen LogP contribution in [-0.4, -0.2) is 39.1 Å². The summed E-state index contributed by atoms with van der Waals surface area (Å²) in [7, 11) is 0. The van der Waals surface area contributed by atoms with Gasteiger partial charge in [0.1, 0.15) is 10.6 Å². The fraction of sp³-hybridized carbons (Fsp3) is 0.611. The number of nitrogens with two attached hydrogens (primary N) is 1. The summed E-state index contributed by atoms with van der Waals surface area (Å²) in [6, 6.07) is 0.347. The molecule has 2 aromatic rings. The molecule has 0 saturated carbocycles. The standard InChI is InChI=1S/C18H24N4OS2/c1-11-6-4-5-9-22(11)14(23)10-24-18-20-16(19)15-12-7-2-3-8-13(12)25-17(15)21-18/h11H,2-10H2,1H3,(H2,19,20,21). The Bertz CT molecular complexity index is 804. The van der Waals surface area contributed by atoms with E-state index in [9.17, 15) is 4.79 Å². The predicted octanol–water partition coefficient (Wildman–Crippen LogP) is 3.65. The Morgan fingerprint density at radius 1 is 1.28 bits per heavy atom. The first-order chi connectivity index (χ1) is 12.1. The molecule has 1 amide bonds. The summed E-state index contributed by atoms with van der Waals surface area (Å²) in [6.07, 6.45) is 8.11. The number of aromatic nitrogens is 2. The Kier molecular flexibility index (Phi) is 4.86. The van der Waals surface area contributed by atoms with E-state index in [0.29, 0.717) is 22.8 Å². The second kappa shape index (κ2) is 7.11. The predicted molar refractivity (Wildman–Crippen MR) is 104 cm³/mol. The van der Waals surface area contributed by atoms with Gasteiger partial charge in [0.25, 0.3) is 0 Å². The van der Waals surface area contributed by atoms with E-state index in [2.05, 4.69) is 11.9 Å². The lowest BCUT2D eigenvalue weighted by Crippen LogP contribution is -2.42. The van der Waals surface area contributed by atoms with Crippen molar-refractivity contribution >= 4 is 45.0 Å². The minimum absolute atomic E-state index is 0.185. The van der Waals surface area contributed by atoms with Gasteiger partial charge in [-0.15, -0.1) is 11.3 Å². The van der Waals surface area contributed by atoms with Gasteiger partial charge in [0, 0.05) is 17.5 Å². The average Bonchev–Trinajstić information content (AvgIpc) is 2.99. The van der Waals surface area contributed by atoms with Gasteiger partial charge in [-0.25, -0.2) is 9.97 Å². The molecule has 1 saturated heterocycles. The van der Waals surface area contributed by atoms with Gasteiger partial charge in [-0.1, -0.05) is 11.8 Å². The van der Waals surface area contributed by atoms with Gasteiger partial charge in [0.15, 0.2) is 5.16 Å². The minimum atomic E-state index is 0.185. The van der Waals surface area contributed by atoms with E-state index in [-0.39, 0.29) is 5.91 Å². The normalized spacial score (nSPS) is 20.7. The number of amides is 1. The molecule has 5 nitrogen and oxygen atoms in total. The van der Waals surface area contributed by atoms with E-state index in [0.717, 1.165) is 42.4 Å². The summed E-state index contributed by atoms with van der Waals surface area (Å²) in [5, 5.41) is 1.68. The number of anilines is 1. The molecule has 3 heterocycles. The fourth-order valence-electron chi connectivity index (χ4n) is 3.91. The second-order valence-corrected chi connectivity index (χ2v) is 9.03. The number of rotatable bonds is 3. The maximum Gasteiger partial charge on any atom is 0.233 e. The number of hydrogen-bond acceptors (Lipinski definition) is 6. The molecule has 2 N–H and O–H groups in total. The molecule has 0 radical (unpaired) electrons. The number of aryl methyl sites for hydroxylation is 2. The molecule has 0 aromatic carbocycles. The number of carbonyl (C=O) groups excluding carboxylic acids is 1. The number of likely N-dealkylation sites (tertiary alicyclic amines) is 1. The van der Waals surface area contributed by atoms with Crippen molar-refractivity contribution < 1.29 is 4.79 Å². The molecule has 7 heteroatoms. The topological polar surface area (TPSA) is 72.1 Å². The van der Waals surface area contributed by atoms with Crippen LogP contribution in [0.5, 0.6) is 0 Å². The highest BCUT2D eigenvalue weighted by molar-refractivity contribution is 7.99. The van der Waals surface area contributed by atoms with Crippen LogP contribution >= 0.6 is 23.1 Å². The molecular weight excluding hydrogens is 352 g/mol. The van der Waals surface area contributed by atoms with Crippen LogP contribution in [0, 0.1) is 0 Å². The molecule has 2 aliphatic rings. The largest absolute Gasteiger partial charge is 0.383 e. The highest BCUT2D eigenvalue weighted by Gasteiger charge is 2.24. The second-order valence-electron chi connectivity index (χ2n) is 7.00. The van der Waals surface area contributed by atoms with E-state index in [1.54, 1.807) is 11.3 Å². The van der Waals surface area contributed by atoms with Crippen LogP contribution in [0.2, 0.25) is 0 Å². The number of carbonyl (C=O) groups is 1. The zero-order chi connectivity index (χ0) is 17.4. The first-order valence-corrected chi connectivity index (χ1v) is 10.9. The summed E-state index contributed by atoms with van der Waals surface area (Å²) >= 11 is 3.16. The van der Waals surface area contributed by atoms with Crippen LogP contribution in [0.25, 0.3) is 10.2 Å². The molecule has 1 fully saturated rings. The molecule has 0 spiro atoms. The van der Waals surface area contributed by atoms with Gasteiger partial charge >= 0.3 is 0 Å². The summed E-state index contributed by atoms with van der Waals surface area (Å²) in [4.78, 5) is 26.1. The van der Waals surface area contributed by atoms with Crippen molar-refractivity contribution in [2.75, 3.05) is 18.0 Å². The quantitative estimate of drug-likeness (QED) is 0.654. The SMILES string of the molecule is CC1CCCCN1C(=O)CSc1nc(N)c2c3c(sc2n1)CCCC3. The van der Waals surface area contributed by atoms with Crippen LogP contribution in [-0.2, 0) is 17.6 Å². The highest BCUT2D eigenvalue weighted by atomic mass is 32.2. The van der Waals surface area contributed by atoms with Crippen LogP contribution in [0.3, 0.4) is 0 Å². The van der Waals surface area contributed by atoms with Crippen LogP contribution in [0.1, 0.15) is 49.5 Å². The van der Waals surface area contributed by atoms with Crippen molar-refractivity contribution in [2.24, 2.45) is 0 Å². The van der Waals surface area contributed by atoms with Crippen molar-refractivity contribution in [1.29, 1.82) is 0 Å². The molecular formula is C18H24N4OS2. The Labute approximate surface area is 156 Å². The van der Waals surface area contributed by atoms with E-state index in [1.807, 2.05) is 4.90 Å². The molecule has 4 rings (SSSR count). The van der Waals surface area contributed by atoms with Gasteiger partial charge in [-0.2, -0.15) is 0 Å². The number of nitrogens with zero attached hydrogens (tertiary/aromatic N) is 3. The molecule has 2 aromatic heterocycles. The van der Waals surface area contributed by atoms with E-state index >= 15 is 0 Å². The summed E-state index contributed by atoms with van der Waals surface area (Å²) in [5.41, 5.74) is 7.60. The van der Waals surface area contributed by atoms with Crippen LogP contribution in [0.4, 0.5) is 5.82 Å². The van der Waals surface area contributed by atoms with Gasteiger partial charge in [0.05, 0.1) is 11.1 Å². The Morgan fingerprint density at radius 2 is 2.12 bits per heavy atom. The molecule has 1 aliphatic heterocycles. The van der Waals surface area contributed by atoms with Crippen molar-refractivity contribution in [3.8, 4) is 0 Å². The maximum atomic E-state index is 12.5. The highest BCUT2D eigenvalue weighted by Crippen LogP contribution is 2.38. The molecule has 1 unspecified atom stereocenters. The maximum absolute atomic E-state index is 12.5. The Balaban J connectivity index is 1.51. The molecule has 1 aliphatic carbocycles. The number of piperidine rings is 1. The third-order valence-electron chi connectivity index (χ3n) is 5.27. The summed E-state index contributed by atoms with van der Waals surface area (Å²) in [5.74, 6) is 1.15. The lowest BCUT2D eigenvalue weighted by Gasteiger charge is -2.33. The molecule has 134 valence electrons. The smallest absolute Gasteiger partial charge is 0.233 e. The van der Waals surface area contributed by atoms with E-state index in [1.165, 1.54) is 41.5 Å². The molecule has 25 heavy (non-hydrogen) atoms. The van der Waals surface area contributed by atoms with Gasteiger partial charge < -0.3 is 10.6 Å². The van der Waals surface area contributed by atoms with Crippen LogP contribution in [0.15, 0.2) is 5.16 Å². The Hall–Kier alpha value is -1.34. The van der Waals surface area contributed by atoms with E-state index in [4.69, 9.17) is 10.7 Å². The monoisotopic (exact) mass is 376 g/mol. The van der Waals surface area contributed by atoms with Crippen LogP contribution < -0.4 is 5.73 Å². The third kappa shape index (κ3) is 3.36. The molecule has 1 atom stereocenters. The number of fused-ring (bicyclic) bond motifs is 3. The van der Waals surface area contributed by atoms with Gasteiger partial charge in [0.2, 0.25) is 5.91 Å². The third-order valence-corrected chi connectivity index (χ3v) is 7.29. The number of hydrogen-bond donors (Lipinski definition) is 1. The zero-order valence-corrected chi connectivity index (χ0v) is 16.2. The van der Waals surface area contributed by atoms with Crippen molar-refractivity contribution in [3.63, 3.8) is 0 Å². The van der Waals surface area contributed by atoms with Crippen molar-refractivity contribution in [3.05, 3.63) is 10.4 Å². The minimum Gasteiger partial charge on any atom is -0.383 e. The van der Waals surface area contributed by atoms with E-state index < -0.39 is 0 Å². The fourth-order valence-corrected chi connectivity index (χ4v) is 5.97. The van der Waals surface area contributed by atoms with Crippen molar-refractivity contribution in [1.82, 2.24) is 14.9 Å². The first-order valence-electron chi connectivity index (χ1n) is 9.13. The van der Waals surface area contributed by atoms with Gasteiger partial charge in [-0.3, -0.25) is 4.79 Å². The van der Waals surface area contributed by atoms with Crippen molar-refractivity contribution in [2.45, 2.75) is 63.1 Å². The number of thiophene rings is 1. The average molecular weight is 377 g/mol. The lowest BCUT2D eigenvalue weighted by atomic mass is 9.97. The summed E-state index contributed by atoms with van der Waals surface area (Å²) in [6.45, 7) is 3.01. The number of nitrogen functional groups attached to an aromatic ring is 1. The Morgan fingerprint density at radius 3 is 2.96 bits per heavy atom. The zero-order valence-electron chi connectivity index (χ0n) is 14.6. The van der Waals surface area contributed by atoms with Gasteiger partial charge in [-0.05, 0) is 57.4 Å². The molecule has 0 bridgehead atoms.